The van der Waals surface area contributed by atoms with Crippen molar-refractivity contribution in [3.8, 4) is 0 Å². The average molecular weight is 405 g/mol. The van der Waals surface area contributed by atoms with Gasteiger partial charge < -0.3 is 9.84 Å². The van der Waals surface area contributed by atoms with Gasteiger partial charge in [-0.1, -0.05) is 95.0 Å². The number of benzene rings is 1. The van der Waals surface area contributed by atoms with E-state index in [4.69, 9.17) is 4.74 Å². The number of hydrogen-bond acceptors (Lipinski definition) is 4. The molecule has 4 nitrogen and oxygen atoms in total. The zero-order chi connectivity index (χ0) is 21.8. The molecule has 0 bridgehead atoms. The van der Waals surface area contributed by atoms with Crippen molar-refractivity contribution in [2.45, 2.75) is 97.5 Å². The number of carbonyl (C=O) groups is 2. The number of Topliss-reactive ketones (excluding diaryl/α,β-unsaturated/α-hetero) is 1. The van der Waals surface area contributed by atoms with Crippen molar-refractivity contribution in [3.63, 3.8) is 0 Å². The van der Waals surface area contributed by atoms with Crippen LogP contribution in [0.15, 0.2) is 30.3 Å². The van der Waals surface area contributed by atoms with Gasteiger partial charge in [0.25, 0.3) is 0 Å². The van der Waals surface area contributed by atoms with Gasteiger partial charge >= 0.3 is 5.97 Å². The zero-order valence-corrected chi connectivity index (χ0v) is 18.8. The van der Waals surface area contributed by atoms with Gasteiger partial charge in [0.2, 0.25) is 0 Å². The minimum absolute atomic E-state index is 0.321. The van der Waals surface area contributed by atoms with E-state index in [1.54, 1.807) is 44.2 Å². The van der Waals surface area contributed by atoms with Gasteiger partial charge in [0, 0.05) is 0 Å². The van der Waals surface area contributed by atoms with Crippen LogP contribution < -0.4 is 0 Å². The van der Waals surface area contributed by atoms with Crippen LogP contribution in [-0.4, -0.2) is 23.5 Å². The lowest BCUT2D eigenvalue weighted by Crippen LogP contribution is -2.52. The van der Waals surface area contributed by atoms with Crippen molar-refractivity contribution < 1.29 is 19.4 Å². The van der Waals surface area contributed by atoms with Crippen LogP contribution in [0.25, 0.3) is 0 Å². The Morgan fingerprint density at radius 3 is 1.83 bits per heavy atom. The molecule has 0 saturated heterocycles. The van der Waals surface area contributed by atoms with Crippen molar-refractivity contribution in [1.82, 2.24) is 0 Å². The summed E-state index contributed by atoms with van der Waals surface area (Å²) in [6.07, 6.45) is 12.1. The normalized spacial score (nSPS) is 13.7. The van der Waals surface area contributed by atoms with Crippen LogP contribution in [0.5, 0.6) is 0 Å². The number of rotatable bonds is 15. The Labute approximate surface area is 177 Å². The van der Waals surface area contributed by atoms with Crippen LogP contribution in [0.4, 0.5) is 0 Å². The highest BCUT2D eigenvalue weighted by molar-refractivity contribution is 5.93. The first kappa shape index (κ1) is 25.4. The van der Waals surface area contributed by atoms with Crippen LogP contribution in [0.2, 0.25) is 0 Å². The molecule has 0 fully saturated rings. The fraction of sp³-hybridized carbons (Fsp3) is 0.680. The van der Waals surface area contributed by atoms with E-state index in [2.05, 4.69) is 6.92 Å². The summed E-state index contributed by atoms with van der Waals surface area (Å²) < 4.78 is 5.45. The van der Waals surface area contributed by atoms with Gasteiger partial charge in [-0.15, -0.1) is 0 Å². The number of hydrogen-bond donors (Lipinski definition) is 1. The Hall–Kier alpha value is -1.68. The lowest BCUT2D eigenvalue weighted by atomic mass is 9.68. The smallest absolute Gasteiger partial charge is 0.315 e. The molecule has 4 heteroatoms. The maximum absolute atomic E-state index is 12.7. The fourth-order valence-corrected chi connectivity index (χ4v) is 3.77. The van der Waals surface area contributed by atoms with E-state index in [1.165, 1.54) is 51.9 Å². The second-order valence-electron chi connectivity index (χ2n) is 8.58. The third-order valence-corrected chi connectivity index (χ3v) is 5.85. The molecular formula is C25H40O4. The van der Waals surface area contributed by atoms with E-state index in [-0.39, 0.29) is 0 Å². The van der Waals surface area contributed by atoms with Crippen molar-refractivity contribution in [3.05, 3.63) is 35.9 Å². The SMILES string of the molecule is CCCCCCCCCCCCOC(=O)C(C)(C)C(O)(C(C)=O)c1ccccc1. The highest BCUT2D eigenvalue weighted by Gasteiger charge is 2.54. The summed E-state index contributed by atoms with van der Waals surface area (Å²) in [5.41, 5.74) is -2.88. The van der Waals surface area contributed by atoms with Crippen LogP contribution in [0, 0.1) is 5.41 Å². The molecule has 1 aromatic carbocycles. The zero-order valence-electron chi connectivity index (χ0n) is 18.8. The number of ether oxygens (including phenoxy) is 1. The molecule has 0 spiro atoms. The summed E-state index contributed by atoms with van der Waals surface area (Å²) in [5.74, 6) is -1.01. The van der Waals surface area contributed by atoms with E-state index < -0.39 is 22.8 Å². The van der Waals surface area contributed by atoms with E-state index in [0.717, 1.165) is 19.3 Å². The summed E-state index contributed by atoms with van der Waals surface area (Å²) in [6, 6.07) is 8.63. The number of esters is 1. The van der Waals surface area contributed by atoms with E-state index in [0.29, 0.717) is 12.2 Å². The lowest BCUT2D eigenvalue weighted by Gasteiger charge is -2.39. The van der Waals surface area contributed by atoms with Gasteiger partial charge in [0.05, 0.1) is 6.61 Å². The second-order valence-corrected chi connectivity index (χ2v) is 8.58. The van der Waals surface area contributed by atoms with Crippen LogP contribution in [0.3, 0.4) is 0 Å². The fourth-order valence-electron chi connectivity index (χ4n) is 3.77. The van der Waals surface area contributed by atoms with Crippen molar-refractivity contribution in [2.24, 2.45) is 5.41 Å². The van der Waals surface area contributed by atoms with Gasteiger partial charge in [0.1, 0.15) is 5.41 Å². The van der Waals surface area contributed by atoms with Gasteiger partial charge in [-0.05, 0) is 32.8 Å². The number of ketones is 1. The third-order valence-electron chi connectivity index (χ3n) is 5.85. The molecule has 0 heterocycles. The summed E-state index contributed by atoms with van der Waals surface area (Å²) in [6.45, 7) is 7.01. The highest BCUT2D eigenvalue weighted by atomic mass is 16.5. The molecule has 0 radical (unpaired) electrons. The molecule has 0 aromatic heterocycles. The van der Waals surface area contributed by atoms with Gasteiger partial charge in [-0.2, -0.15) is 0 Å². The standard InChI is InChI=1S/C25H40O4/c1-5-6-7-8-9-10-11-12-13-17-20-29-23(27)24(3,4)25(28,21(2)26)22-18-15-14-16-19-22/h14-16,18-19,28H,5-13,17,20H2,1-4H3. The maximum atomic E-state index is 12.7. The second kappa shape index (κ2) is 12.8. The summed E-state index contributed by atoms with van der Waals surface area (Å²) in [4.78, 5) is 25.0. The largest absolute Gasteiger partial charge is 0.465 e. The lowest BCUT2D eigenvalue weighted by molar-refractivity contribution is -0.178. The highest BCUT2D eigenvalue weighted by Crippen LogP contribution is 2.41. The van der Waals surface area contributed by atoms with Crippen LogP contribution >= 0.6 is 0 Å². The summed E-state index contributed by atoms with van der Waals surface area (Å²) in [7, 11) is 0. The first-order valence-corrected chi connectivity index (χ1v) is 11.2. The monoisotopic (exact) mass is 404 g/mol. The van der Waals surface area contributed by atoms with Crippen molar-refractivity contribution in [1.29, 1.82) is 0 Å². The predicted molar refractivity (Wildman–Crippen MR) is 118 cm³/mol. The molecule has 1 unspecified atom stereocenters. The summed E-state index contributed by atoms with van der Waals surface area (Å²) >= 11 is 0. The van der Waals surface area contributed by atoms with Crippen molar-refractivity contribution >= 4 is 11.8 Å². The topological polar surface area (TPSA) is 63.6 Å². The molecule has 0 aliphatic rings. The Balaban J connectivity index is 2.41. The first-order chi connectivity index (χ1) is 13.8. The predicted octanol–water partition coefficient (Wildman–Crippen LogP) is 5.95. The van der Waals surface area contributed by atoms with Gasteiger partial charge in [0.15, 0.2) is 11.4 Å². The average Bonchev–Trinajstić information content (AvgIpc) is 2.71. The summed E-state index contributed by atoms with van der Waals surface area (Å²) in [5, 5.41) is 11.2. The van der Waals surface area contributed by atoms with E-state index >= 15 is 0 Å². The maximum Gasteiger partial charge on any atom is 0.315 e. The molecule has 1 N–H and O–H groups in total. The minimum atomic E-state index is -1.91. The molecule has 0 aliphatic carbocycles. The molecular weight excluding hydrogens is 364 g/mol. The van der Waals surface area contributed by atoms with E-state index in [1.807, 2.05) is 0 Å². The third kappa shape index (κ3) is 7.26. The van der Waals surface area contributed by atoms with Gasteiger partial charge in [-0.3, -0.25) is 9.59 Å². The number of aliphatic hydroxyl groups is 1. The molecule has 0 aliphatic heterocycles. The number of carbonyl (C=O) groups excluding carboxylic acids is 2. The Bertz CT molecular complexity index is 609. The molecule has 164 valence electrons. The molecule has 1 aromatic rings. The molecule has 29 heavy (non-hydrogen) atoms. The van der Waals surface area contributed by atoms with Crippen molar-refractivity contribution in [2.75, 3.05) is 6.61 Å². The molecule has 1 rings (SSSR count). The quantitative estimate of drug-likeness (QED) is 0.290. The molecule has 1 atom stereocenters. The Kier molecular flexibility index (Phi) is 11.2. The Morgan fingerprint density at radius 1 is 0.862 bits per heavy atom. The molecule has 0 saturated carbocycles. The van der Waals surface area contributed by atoms with E-state index in [9.17, 15) is 14.7 Å². The van der Waals surface area contributed by atoms with Gasteiger partial charge in [-0.25, -0.2) is 0 Å². The number of unbranched alkanes of at least 4 members (excludes halogenated alkanes) is 9. The molecule has 0 amide bonds. The first-order valence-electron chi connectivity index (χ1n) is 11.2. The minimum Gasteiger partial charge on any atom is -0.465 e. The van der Waals surface area contributed by atoms with Crippen LogP contribution in [-0.2, 0) is 19.9 Å². The van der Waals surface area contributed by atoms with Crippen LogP contribution in [0.1, 0.15) is 97.5 Å². The Morgan fingerprint density at radius 2 is 1.34 bits per heavy atom.